The van der Waals surface area contributed by atoms with Crippen LogP contribution in [0.4, 0.5) is 13.2 Å². The quantitative estimate of drug-likeness (QED) is 0.645. The van der Waals surface area contributed by atoms with Crippen LogP contribution in [0.25, 0.3) is 0 Å². The summed E-state index contributed by atoms with van der Waals surface area (Å²) < 4.78 is 41.1. The van der Waals surface area contributed by atoms with E-state index >= 15 is 0 Å². The van der Waals surface area contributed by atoms with Crippen LogP contribution in [0.1, 0.15) is 18.1 Å². The van der Waals surface area contributed by atoms with Gasteiger partial charge in [0.05, 0.1) is 19.6 Å². The fourth-order valence-corrected chi connectivity index (χ4v) is 2.09. The van der Waals surface area contributed by atoms with Gasteiger partial charge in [-0.2, -0.15) is 13.2 Å². The van der Waals surface area contributed by atoms with Gasteiger partial charge in [0.2, 0.25) is 0 Å². The zero-order valence-electron chi connectivity index (χ0n) is 10.4. The molecule has 1 rings (SSSR count). The lowest BCUT2D eigenvalue weighted by Gasteiger charge is -2.18. The van der Waals surface area contributed by atoms with Crippen molar-refractivity contribution >= 4 is 17.7 Å². The van der Waals surface area contributed by atoms with Gasteiger partial charge in [0.25, 0.3) is 0 Å². The number of carbonyl (C=O) groups excluding carboxylic acids is 1. The third-order valence-electron chi connectivity index (χ3n) is 2.40. The number of thioether (sulfide) groups is 1. The van der Waals surface area contributed by atoms with Crippen molar-refractivity contribution in [1.29, 1.82) is 0 Å². The maximum atomic E-state index is 12.2. The molecule has 8 heteroatoms. The molecular weight excluding hydrogens is 297 g/mol. The van der Waals surface area contributed by atoms with Gasteiger partial charge in [-0.25, -0.2) is 0 Å². The number of hydrogen-bond donors (Lipinski definition) is 2. The number of carbonyl (C=O) groups is 1. The monoisotopic (exact) mass is 310 g/mol. The molecule has 0 aliphatic carbocycles. The number of methoxy groups -OCH3 is 1. The van der Waals surface area contributed by atoms with E-state index in [4.69, 9.17) is 0 Å². The van der Waals surface area contributed by atoms with E-state index < -0.39 is 30.1 Å². The Balaban J connectivity index is 2.80. The van der Waals surface area contributed by atoms with Gasteiger partial charge in [-0.1, -0.05) is 12.1 Å². The minimum Gasteiger partial charge on any atom is -0.469 e. The number of ether oxygens (including phenoxy) is 1. The molecule has 0 radical (unpaired) electrons. The zero-order chi connectivity index (χ0) is 15.3. The van der Waals surface area contributed by atoms with E-state index in [0.717, 1.165) is 13.2 Å². The van der Waals surface area contributed by atoms with Gasteiger partial charge < -0.3 is 14.9 Å². The summed E-state index contributed by atoms with van der Waals surface area (Å²) in [7, 11) is 1.13. The number of aliphatic hydroxyl groups is 2. The summed E-state index contributed by atoms with van der Waals surface area (Å²) in [6.45, 7) is 0. The maximum absolute atomic E-state index is 12.2. The normalized spacial score (nSPS) is 14.7. The first-order valence-electron chi connectivity index (χ1n) is 5.51. The third-order valence-corrected chi connectivity index (χ3v) is 3.12. The summed E-state index contributed by atoms with van der Waals surface area (Å²) >= 11 is -0.322. The Hall–Kier alpha value is -1.25. The molecule has 0 aromatic heterocycles. The van der Waals surface area contributed by atoms with Crippen LogP contribution in [0.2, 0.25) is 0 Å². The fourth-order valence-electron chi connectivity index (χ4n) is 1.48. The molecule has 0 bridgehead atoms. The van der Waals surface area contributed by atoms with Gasteiger partial charge in [-0.3, -0.25) is 4.79 Å². The van der Waals surface area contributed by atoms with E-state index in [-0.39, 0.29) is 22.2 Å². The summed E-state index contributed by atoms with van der Waals surface area (Å²) in [5, 5.41) is 19.4. The van der Waals surface area contributed by atoms with Crippen molar-refractivity contribution in [1.82, 2.24) is 0 Å². The lowest BCUT2D eigenvalue weighted by molar-refractivity contribution is -0.144. The molecule has 112 valence electrons. The van der Waals surface area contributed by atoms with Crippen molar-refractivity contribution in [2.75, 3.05) is 7.11 Å². The summed E-state index contributed by atoms with van der Waals surface area (Å²) in [4.78, 5) is 10.9. The molecule has 0 heterocycles. The van der Waals surface area contributed by atoms with E-state index in [9.17, 15) is 28.2 Å². The van der Waals surface area contributed by atoms with Crippen molar-refractivity contribution in [3.8, 4) is 0 Å². The van der Waals surface area contributed by atoms with Crippen LogP contribution in [0, 0.1) is 0 Å². The lowest BCUT2D eigenvalue weighted by Crippen LogP contribution is -2.22. The molecule has 1 aromatic rings. The van der Waals surface area contributed by atoms with E-state index in [1.54, 1.807) is 0 Å². The van der Waals surface area contributed by atoms with Crippen LogP contribution in [0.5, 0.6) is 0 Å². The number of hydrogen-bond acceptors (Lipinski definition) is 5. The molecule has 0 spiro atoms. The molecule has 1 aromatic carbocycles. The minimum atomic E-state index is -4.44. The molecule has 2 atom stereocenters. The predicted octanol–water partition coefficient (Wildman–Crippen LogP) is 2.26. The second-order valence-corrected chi connectivity index (χ2v) is 5.05. The second-order valence-electron chi connectivity index (χ2n) is 3.91. The van der Waals surface area contributed by atoms with E-state index in [2.05, 4.69) is 4.74 Å². The van der Waals surface area contributed by atoms with Gasteiger partial charge in [0.1, 0.15) is 6.10 Å². The molecular formula is C12H13F3O4S. The van der Waals surface area contributed by atoms with Crippen molar-refractivity contribution < 1.29 is 32.9 Å². The average Bonchev–Trinajstić information content (AvgIpc) is 2.35. The molecule has 0 aliphatic heterocycles. The number of alkyl halides is 3. The fraction of sp³-hybridized carbons (Fsp3) is 0.417. The smallest absolute Gasteiger partial charge is 0.446 e. The highest BCUT2D eigenvalue weighted by Gasteiger charge is 2.30. The van der Waals surface area contributed by atoms with Crippen molar-refractivity contribution in [3.05, 3.63) is 29.8 Å². The Morgan fingerprint density at radius 2 is 2.05 bits per heavy atom. The Bertz CT molecular complexity index is 464. The highest BCUT2D eigenvalue weighted by Crippen LogP contribution is 2.37. The highest BCUT2D eigenvalue weighted by atomic mass is 32.2. The van der Waals surface area contributed by atoms with Gasteiger partial charge >= 0.3 is 11.5 Å². The first-order valence-corrected chi connectivity index (χ1v) is 6.33. The van der Waals surface area contributed by atoms with Gasteiger partial charge in [0, 0.05) is 4.90 Å². The number of halogens is 3. The highest BCUT2D eigenvalue weighted by molar-refractivity contribution is 8.00. The Labute approximate surface area is 117 Å². The Kier molecular flexibility index (Phi) is 5.85. The summed E-state index contributed by atoms with van der Waals surface area (Å²) in [6.07, 6.45) is -3.37. The molecule has 20 heavy (non-hydrogen) atoms. The van der Waals surface area contributed by atoms with Crippen LogP contribution < -0.4 is 0 Å². The average molecular weight is 310 g/mol. The molecule has 0 fully saturated rings. The molecule has 2 N–H and O–H groups in total. The van der Waals surface area contributed by atoms with Crippen molar-refractivity contribution in [2.45, 2.75) is 29.0 Å². The topological polar surface area (TPSA) is 66.8 Å². The van der Waals surface area contributed by atoms with Crippen LogP contribution in [-0.4, -0.2) is 34.9 Å². The van der Waals surface area contributed by atoms with E-state index in [1.165, 1.54) is 18.2 Å². The summed E-state index contributed by atoms with van der Waals surface area (Å²) in [5.41, 5.74) is -4.34. The molecule has 2 unspecified atom stereocenters. The Morgan fingerprint density at radius 1 is 1.40 bits per heavy atom. The minimum absolute atomic E-state index is 0.0932. The van der Waals surface area contributed by atoms with Crippen LogP contribution in [0.15, 0.2) is 29.2 Å². The second kappa shape index (κ2) is 6.96. The molecule has 0 aliphatic rings. The SMILES string of the molecule is COC(=O)CC(O)C(O)c1cccc(SC(F)(F)F)c1. The Morgan fingerprint density at radius 3 is 2.60 bits per heavy atom. The van der Waals surface area contributed by atoms with Crippen LogP contribution in [0.3, 0.4) is 0 Å². The van der Waals surface area contributed by atoms with E-state index in [1.807, 2.05) is 0 Å². The first-order chi connectivity index (χ1) is 9.23. The third kappa shape index (κ3) is 5.40. The maximum Gasteiger partial charge on any atom is 0.446 e. The zero-order valence-corrected chi connectivity index (χ0v) is 11.2. The van der Waals surface area contributed by atoms with Crippen molar-refractivity contribution in [3.63, 3.8) is 0 Å². The first kappa shape index (κ1) is 16.8. The van der Waals surface area contributed by atoms with Crippen LogP contribution >= 0.6 is 11.8 Å². The van der Waals surface area contributed by atoms with E-state index in [0.29, 0.717) is 0 Å². The number of rotatable bonds is 5. The summed E-state index contributed by atoms with van der Waals surface area (Å²) in [5.74, 6) is -0.725. The number of esters is 1. The molecule has 4 nitrogen and oxygen atoms in total. The lowest BCUT2D eigenvalue weighted by atomic mass is 10.0. The molecule has 0 saturated heterocycles. The van der Waals surface area contributed by atoms with Gasteiger partial charge in [0.15, 0.2) is 0 Å². The molecule has 0 saturated carbocycles. The summed E-state index contributed by atoms with van der Waals surface area (Å²) in [6, 6.07) is 5.05. The largest absolute Gasteiger partial charge is 0.469 e. The van der Waals surface area contributed by atoms with Crippen LogP contribution in [-0.2, 0) is 9.53 Å². The number of benzene rings is 1. The standard InChI is InChI=1S/C12H13F3O4S/c1-19-10(17)6-9(16)11(18)7-3-2-4-8(5-7)20-12(13,14)15/h2-5,9,11,16,18H,6H2,1H3. The molecule has 0 amide bonds. The predicted molar refractivity (Wildman–Crippen MR) is 66.0 cm³/mol. The van der Waals surface area contributed by atoms with Gasteiger partial charge in [-0.05, 0) is 29.5 Å². The number of aliphatic hydroxyl groups excluding tert-OH is 2. The van der Waals surface area contributed by atoms with Gasteiger partial charge in [-0.15, -0.1) is 0 Å². The van der Waals surface area contributed by atoms with Crippen molar-refractivity contribution in [2.24, 2.45) is 0 Å².